The molecule has 0 spiro atoms. The first-order chi connectivity index (χ1) is 19.3. The van der Waals surface area contributed by atoms with E-state index in [-0.39, 0.29) is 0 Å². The zero-order valence-electron chi connectivity index (χ0n) is 25.2. The van der Waals surface area contributed by atoms with Gasteiger partial charge in [0.2, 0.25) is 0 Å². The maximum absolute atomic E-state index is 6.29. The lowest BCUT2D eigenvalue weighted by Crippen LogP contribution is -2.34. The SMILES string of the molecule is CCc1ccc(-c2ccc(-c3ccc(-c4ccc(CCCCCCCCCCC[Si](C)(C)O[SiH](C)C)s4)s3)s2)s1. The van der Waals surface area contributed by atoms with Gasteiger partial charge in [-0.25, -0.2) is 0 Å². The van der Waals surface area contributed by atoms with Crippen LogP contribution in [0.3, 0.4) is 0 Å². The van der Waals surface area contributed by atoms with Crippen molar-refractivity contribution in [2.24, 2.45) is 0 Å². The molecule has 4 aromatic rings. The van der Waals surface area contributed by atoms with Crippen molar-refractivity contribution in [2.45, 2.75) is 110 Å². The van der Waals surface area contributed by atoms with Crippen molar-refractivity contribution in [3.8, 4) is 29.3 Å². The van der Waals surface area contributed by atoms with Gasteiger partial charge in [-0.3, -0.25) is 0 Å². The van der Waals surface area contributed by atoms with E-state index in [1.807, 2.05) is 45.3 Å². The van der Waals surface area contributed by atoms with Crippen molar-refractivity contribution in [1.29, 1.82) is 0 Å². The minimum atomic E-state index is -1.36. The molecule has 0 aliphatic rings. The second-order valence-corrected chi connectivity index (χ2v) is 23.4. The van der Waals surface area contributed by atoms with E-state index < -0.39 is 17.4 Å². The van der Waals surface area contributed by atoms with E-state index in [0.717, 1.165) is 6.42 Å². The van der Waals surface area contributed by atoms with Gasteiger partial charge in [0.15, 0.2) is 17.4 Å². The van der Waals surface area contributed by atoms with Gasteiger partial charge in [0, 0.05) is 39.0 Å². The molecule has 0 aliphatic carbocycles. The minimum absolute atomic E-state index is 0.869. The molecule has 4 rings (SSSR count). The summed E-state index contributed by atoms with van der Waals surface area (Å²) in [6.07, 6.45) is 14.9. The smallest absolute Gasteiger partial charge is 0.173 e. The average Bonchev–Trinajstić information content (AvgIpc) is 3.72. The zero-order valence-corrected chi connectivity index (χ0v) is 30.6. The number of rotatable bonds is 18. The van der Waals surface area contributed by atoms with Crippen molar-refractivity contribution in [3.05, 3.63) is 58.3 Å². The molecule has 0 N–H and O–H groups in total. The molecule has 0 saturated carbocycles. The van der Waals surface area contributed by atoms with Crippen LogP contribution in [0.4, 0.5) is 0 Å². The fourth-order valence-electron chi connectivity index (χ4n) is 5.33. The molecule has 0 bridgehead atoms. The van der Waals surface area contributed by atoms with Crippen LogP contribution in [-0.2, 0) is 17.0 Å². The van der Waals surface area contributed by atoms with Gasteiger partial charge in [-0.2, -0.15) is 0 Å². The standard InChI is InChI=1S/C33H48OS4Si2/c1-6-26-17-19-28(35-26)30-21-23-32(37-30)33-24-22-31(38-33)29-20-18-27(36-29)16-14-12-10-8-7-9-11-13-15-25-40(4,5)34-39(2)3/h17-24,39H,6-16,25H2,1-5H3. The molecule has 0 amide bonds. The van der Waals surface area contributed by atoms with Crippen LogP contribution in [0, 0.1) is 0 Å². The van der Waals surface area contributed by atoms with Gasteiger partial charge in [0.05, 0.1) is 0 Å². The van der Waals surface area contributed by atoms with Gasteiger partial charge < -0.3 is 4.12 Å². The Labute approximate surface area is 262 Å². The van der Waals surface area contributed by atoms with E-state index in [0.29, 0.717) is 0 Å². The Morgan fingerprint density at radius 2 is 0.950 bits per heavy atom. The predicted octanol–water partition coefficient (Wildman–Crippen LogP) is 12.8. The first kappa shape index (κ1) is 32.1. The Bertz CT molecular complexity index is 1280. The summed E-state index contributed by atoms with van der Waals surface area (Å²) >= 11 is 7.79. The maximum Gasteiger partial charge on any atom is 0.173 e. The molecule has 218 valence electrons. The van der Waals surface area contributed by atoms with Crippen molar-refractivity contribution < 1.29 is 4.12 Å². The summed E-state index contributed by atoms with van der Waals surface area (Å²) in [5.41, 5.74) is 0. The van der Waals surface area contributed by atoms with E-state index in [1.54, 1.807) is 4.88 Å². The minimum Gasteiger partial charge on any atom is -0.458 e. The molecular weight excluding hydrogens is 597 g/mol. The Morgan fingerprint density at radius 3 is 1.43 bits per heavy atom. The molecule has 0 aromatic carbocycles. The van der Waals surface area contributed by atoms with E-state index in [9.17, 15) is 0 Å². The lowest BCUT2D eigenvalue weighted by Gasteiger charge is -2.25. The molecule has 0 aliphatic heterocycles. The van der Waals surface area contributed by atoms with Crippen molar-refractivity contribution in [1.82, 2.24) is 0 Å². The second-order valence-electron chi connectivity index (χ2n) is 11.8. The van der Waals surface area contributed by atoms with E-state index in [1.165, 1.54) is 104 Å². The molecule has 4 aromatic heterocycles. The van der Waals surface area contributed by atoms with Crippen LogP contribution in [0.5, 0.6) is 0 Å². The van der Waals surface area contributed by atoms with Gasteiger partial charge in [0.25, 0.3) is 0 Å². The lowest BCUT2D eigenvalue weighted by molar-refractivity contribution is 0.545. The summed E-state index contributed by atoms with van der Waals surface area (Å²) in [4.78, 5) is 11.4. The first-order valence-electron chi connectivity index (χ1n) is 15.4. The molecule has 7 heteroatoms. The lowest BCUT2D eigenvalue weighted by atomic mass is 10.1. The number of thiophene rings is 4. The van der Waals surface area contributed by atoms with E-state index in [4.69, 9.17) is 4.12 Å². The third-order valence-corrected chi connectivity index (χ3v) is 18.5. The number of unbranched alkanes of at least 4 members (excludes halogenated alkanes) is 8. The van der Waals surface area contributed by atoms with Crippen LogP contribution in [0.2, 0.25) is 32.2 Å². The van der Waals surface area contributed by atoms with Crippen LogP contribution < -0.4 is 0 Å². The van der Waals surface area contributed by atoms with E-state index in [2.05, 4.69) is 81.6 Å². The predicted molar refractivity (Wildman–Crippen MR) is 191 cm³/mol. The quantitative estimate of drug-likeness (QED) is 0.0773. The Balaban J connectivity index is 1.10. The third-order valence-electron chi connectivity index (χ3n) is 7.37. The fourth-order valence-corrected chi connectivity index (χ4v) is 16.3. The van der Waals surface area contributed by atoms with Gasteiger partial charge >= 0.3 is 0 Å². The largest absolute Gasteiger partial charge is 0.458 e. The van der Waals surface area contributed by atoms with Gasteiger partial charge in [-0.1, -0.05) is 58.3 Å². The van der Waals surface area contributed by atoms with Gasteiger partial charge in [-0.15, -0.1) is 45.3 Å². The number of aryl methyl sites for hydroxylation is 2. The van der Waals surface area contributed by atoms with Gasteiger partial charge in [-0.05, 0) is 100 Å². The molecule has 4 heterocycles. The molecule has 1 nitrogen and oxygen atoms in total. The van der Waals surface area contributed by atoms with Crippen LogP contribution in [-0.4, -0.2) is 17.4 Å². The Morgan fingerprint density at radius 1 is 0.550 bits per heavy atom. The van der Waals surface area contributed by atoms with Crippen LogP contribution in [0.1, 0.15) is 74.5 Å². The number of hydrogen-bond donors (Lipinski definition) is 0. The highest BCUT2D eigenvalue weighted by molar-refractivity contribution is 7.28. The van der Waals surface area contributed by atoms with Crippen LogP contribution in [0.25, 0.3) is 29.3 Å². The van der Waals surface area contributed by atoms with Crippen molar-refractivity contribution in [2.75, 3.05) is 0 Å². The highest BCUT2D eigenvalue weighted by atomic mass is 32.1. The highest BCUT2D eigenvalue weighted by Crippen LogP contribution is 2.43. The topological polar surface area (TPSA) is 9.23 Å². The molecule has 40 heavy (non-hydrogen) atoms. The maximum atomic E-state index is 6.29. The van der Waals surface area contributed by atoms with Crippen molar-refractivity contribution in [3.63, 3.8) is 0 Å². The highest BCUT2D eigenvalue weighted by Gasteiger charge is 2.22. The molecular formula is C33H48OS4Si2. The van der Waals surface area contributed by atoms with Crippen molar-refractivity contribution >= 4 is 62.7 Å². The third kappa shape index (κ3) is 10.2. The second kappa shape index (κ2) is 16.2. The molecule has 0 radical (unpaired) electrons. The molecule has 0 fully saturated rings. The average molecular weight is 645 g/mol. The summed E-state index contributed by atoms with van der Waals surface area (Å²) in [5.74, 6) is 0. The summed E-state index contributed by atoms with van der Waals surface area (Å²) < 4.78 is 6.29. The molecule has 0 saturated heterocycles. The fraction of sp³-hybridized carbons (Fsp3) is 0.515. The zero-order chi connectivity index (χ0) is 28.4. The monoisotopic (exact) mass is 644 g/mol. The Hall–Kier alpha value is -0.806. The summed E-state index contributed by atoms with van der Waals surface area (Å²) in [7, 11) is -2.23. The van der Waals surface area contributed by atoms with Gasteiger partial charge in [0.1, 0.15) is 0 Å². The van der Waals surface area contributed by atoms with E-state index >= 15 is 0 Å². The summed E-state index contributed by atoms with van der Waals surface area (Å²) in [6.45, 7) is 11.7. The normalized spacial score (nSPS) is 12.2. The van der Waals surface area contributed by atoms with Crippen LogP contribution in [0.15, 0.2) is 48.5 Å². The van der Waals surface area contributed by atoms with Crippen LogP contribution >= 0.6 is 45.3 Å². The first-order valence-corrected chi connectivity index (χ1v) is 24.6. The molecule has 0 unspecified atom stereocenters. The number of hydrogen-bond acceptors (Lipinski definition) is 5. The Kier molecular flexibility index (Phi) is 13.0. The summed E-state index contributed by atoms with van der Waals surface area (Å²) in [6, 6.07) is 19.8. The molecule has 0 atom stereocenters. The summed E-state index contributed by atoms with van der Waals surface area (Å²) in [5, 5.41) is 0.